The second-order valence-corrected chi connectivity index (χ2v) is 10.6. The average Bonchev–Trinajstić information content (AvgIpc) is 3.16. The number of anilines is 1. The summed E-state index contributed by atoms with van der Waals surface area (Å²) in [5, 5.41) is 2.89. The van der Waals surface area contributed by atoms with E-state index in [1.165, 1.54) is 0 Å². The van der Waals surface area contributed by atoms with Crippen molar-refractivity contribution >= 4 is 40.9 Å². The number of aliphatic imine (C=N–C) groups is 1. The van der Waals surface area contributed by atoms with Gasteiger partial charge in [-0.15, -0.1) is 0 Å². The number of amidine groups is 1. The lowest BCUT2D eigenvalue weighted by Gasteiger charge is -2.22. The molecule has 0 aliphatic carbocycles. The molecule has 0 saturated carbocycles. The van der Waals surface area contributed by atoms with Crippen LogP contribution >= 0.6 is 0 Å². The van der Waals surface area contributed by atoms with Gasteiger partial charge in [0.05, 0.1) is 17.6 Å². The van der Waals surface area contributed by atoms with Crippen molar-refractivity contribution < 1.29 is 14.4 Å². The smallest absolute Gasteiger partial charge is 0.255 e. The lowest BCUT2D eigenvalue weighted by atomic mass is 10.0. The number of rotatable bonds is 13. The summed E-state index contributed by atoms with van der Waals surface area (Å²) >= 11 is 0. The van der Waals surface area contributed by atoms with Crippen LogP contribution in [0.25, 0.3) is 6.08 Å². The van der Waals surface area contributed by atoms with E-state index in [1.54, 1.807) is 30.6 Å². The molecular weight excluding hydrogens is 538 g/mol. The van der Waals surface area contributed by atoms with Crippen LogP contribution in [0.5, 0.6) is 0 Å². The molecular formula is C35H43N5O3. The van der Waals surface area contributed by atoms with Crippen LogP contribution in [0, 0.1) is 0 Å². The number of pyridine rings is 1. The number of carbonyl (C=O) groups excluding carboxylic acids is 3. The van der Waals surface area contributed by atoms with E-state index in [0.717, 1.165) is 36.0 Å². The Morgan fingerprint density at radius 3 is 2.30 bits per heavy atom. The molecule has 3 aromatic rings. The predicted molar refractivity (Wildman–Crippen MR) is 174 cm³/mol. The third kappa shape index (κ3) is 9.46. The molecule has 8 nitrogen and oxygen atoms in total. The SMILES string of the molecule is C.CCCN(CCC)C(=O)C1=Cc2ccc(C(=O)Nc3cncc(CCC(=O)CCc4ccccc4)c3)cc2N=C(N)C1. The Hall–Kier alpha value is -4.59. The van der Waals surface area contributed by atoms with Gasteiger partial charge in [-0.3, -0.25) is 19.4 Å². The van der Waals surface area contributed by atoms with Crippen LogP contribution in [0.2, 0.25) is 0 Å². The molecule has 226 valence electrons. The highest BCUT2D eigenvalue weighted by Crippen LogP contribution is 2.29. The van der Waals surface area contributed by atoms with E-state index in [0.29, 0.717) is 60.7 Å². The number of Topliss-reactive ketones (excluding diaryl/α,β-unsaturated/α-hetero) is 1. The van der Waals surface area contributed by atoms with Gasteiger partial charge < -0.3 is 16.0 Å². The van der Waals surface area contributed by atoms with E-state index in [2.05, 4.69) is 29.1 Å². The molecule has 0 unspecified atom stereocenters. The van der Waals surface area contributed by atoms with Crippen LogP contribution in [-0.4, -0.2) is 46.4 Å². The van der Waals surface area contributed by atoms with Gasteiger partial charge in [-0.25, -0.2) is 4.99 Å². The maximum atomic E-state index is 13.2. The first-order valence-corrected chi connectivity index (χ1v) is 14.6. The summed E-state index contributed by atoms with van der Waals surface area (Å²) in [4.78, 5) is 49.4. The van der Waals surface area contributed by atoms with Gasteiger partial charge in [0.25, 0.3) is 5.91 Å². The minimum absolute atomic E-state index is 0. The van der Waals surface area contributed by atoms with Gasteiger partial charge in [0.15, 0.2) is 0 Å². The van der Waals surface area contributed by atoms with E-state index in [4.69, 9.17) is 5.73 Å². The Kier molecular flexibility index (Phi) is 12.4. The first-order chi connectivity index (χ1) is 20.4. The number of aryl methyl sites for hydroxylation is 2. The van der Waals surface area contributed by atoms with Gasteiger partial charge in [0.2, 0.25) is 5.91 Å². The van der Waals surface area contributed by atoms with Crippen molar-refractivity contribution in [1.29, 1.82) is 0 Å². The van der Waals surface area contributed by atoms with Gasteiger partial charge in [0, 0.05) is 55.2 Å². The lowest BCUT2D eigenvalue weighted by Crippen LogP contribution is -2.34. The number of fused-ring (bicyclic) bond motifs is 1. The van der Waals surface area contributed by atoms with E-state index >= 15 is 0 Å². The number of nitrogens with two attached hydrogens (primary N) is 1. The van der Waals surface area contributed by atoms with Crippen molar-refractivity contribution in [3.05, 3.63) is 94.8 Å². The van der Waals surface area contributed by atoms with Gasteiger partial charge in [-0.2, -0.15) is 0 Å². The van der Waals surface area contributed by atoms with Crippen LogP contribution in [-0.2, 0) is 22.4 Å². The lowest BCUT2D eigenvalue weighted by molar-refractivity contribution is -0.127. The number of amides is 2. The molecule has 8 heteroatoms. The molecule has 2 heterocycles. The third-order valence-electron chi connectivity index (χ3n) is 7.09. The minimum Gasteiger partial charge on any atom is -0.387 e. The number of hydrogen-bond donors (Lipinski definition) is 2. The van der Waals surface area contributed by atoms with Gasteiger partial charge >= 0.3 is 0 Å². The summed E-state index contributed by atoms with van der Waals surface area (Å²) in [5.41, 5.74) is 11.1. The number of nitrogens with zero attached hydrogens (tertiary/aromatic N) is 3. The largest absolute Gasteiger partial charge is 0.387 e. The fraction of sp³-hybridized carbons (Fsp3) is 0.343. The zero-order valence-electron chi connectivity index (χ0n) is 24.4. The predicted octanol–water partition coefficient (Wildman–Crippen LogP) is 6.53. The monoisotopic (exact) mass is 581 g/mol. The number of aromatic nitrogens is 1. The standard InChI is InChI=1S/C34H39N5O3.CH4/c1-3-16-39(17-4-2)34(42)28-19-26-12-13-27(20-31(26)38-32(35)21-28)33(41)37-29-18-25(22-36-23-29)11-15-30(40)14-10-24-8-6-5-7-9-24;/h5-9,12-13,18-20,22-23H,3-4,10-11,14-17,21H2,1-2H3,(H2,35,38)(H,37,41);1H4. The van der Waals surface area contributed by atoms with Crippen molar-refractivity contribution in [3.8, 4) is 0 Å². The topological polar surface area (TPSA) is 118 Å². The fourth-order valence-electron chi connectivity index (χ4n) is 4.96. The molecule has 0 fully saturated rings. The molecule has 3 N–H and O–H groups in total. The number of ketones is 1. The van der Waals surface area contributed by atoms with Gasteiger partial charge in [0.1, 0.15) is 11.6 Å². The van der Waals surface area contributed by atoms with Crippen LogP contribution in [0.3, 0.4) is 0 Å². The summed E-state index contributed by atoms with van der Waals surface area (Å²) in [6.45, 7) is 5.48. The molecule has 43 heavy (non-hydrogen) atoms. The Morgan fingerprint density at radius 1 is 0.907 bits per heavy atom. The van der Waals surface area contributed by atoms with Crippen molar-refractivity contribution in [2.24, 2.45) is 10.7 Å². The highest BCUT2D eigenvalue weighted by Gasteiger charge is 2.21. The second kappa shape index (κ2) is 16.2. The maximum absolute atomic E-state index is 13.2. The zero-order valence-corrected chi connectivity index (χ0v) is 24.4. The van der Waals surface area contributed by atoms with Crippen molar-refractivity contribution in [2.45, 2.75) is 66.2 Å². The maximum Gasteiger partial charge on any atom is 0.255 e. The summed E-state index contributed by atoms with van der Waals surface area (Å²) in [5.74, 6) is 0.178. The molecule has 1 aliphatic rings. The van der Waals surface area contributed by atoms with Gasteiger partial charge in [-0.1, -0.05) is 57.7 Å². The van der Waals surface area contributed by atoms with E-state index in [9.17, 15) is 14.4 Å². The molecule has 2 aromatic carbocycles. The molecule has 0 atom stereocenters. The molecule has 2 amide bonds. The quantitative estimate of drug-likeness (QED) is 0.238. The van der Waals surface area contributed by atoms with Crippen LogP contribution in [0.4, 0.5) is 11.4 Å². The summed E-state index contributed by atoms with van der Waals surface area (Å²) in [6, 6.07) is 17.0. The number of hydrogen-bond acceptors (Lipinski definition) is 6. The van der Waals surface area contributed by atoms with E-state index < -0.39 is 0 Å². The molecule has 1 aliphatic heterocycles. The summed E-state index contributed by atoms with van der Waals surface area (Å²) in [6.07, 6.45) is 9.34. The minimum atomic E-state index is -0.314. The molecule has 1 aromatic heterocycles. The second-order valence-electron chi connectivity index (χ2n) is 10.6. The van der Waals surface area contributed by atoms with Crippen molar-refractivity contribution in [2.75, 3.05) is 18.4 Å². The molecule has 0 radical (unpaired) electrons. The highest BCUT2D eigenvalue weighted by atomic mass is 16.2. The number of nitrogens with one attached hydrogen (secondary N) is 1. The summed E-state index contributed by atoms with van der Waals surface area (Å²) < 4.78 is 0. The Morgan fingerprint density at radius 2 is 1.60 bits per heavy atom. The average molecular weight is 582 g/mol. The molecule has 4 rings (SSSR count). The first-order valence-electron chi connectivity index (χ1n) is 14.6. The Balaban J connectivity index is 0.00000506. The van der Waals surface area contributed by atoms with Gasteiger partial charge in [-0.05, 0) is 61.1 Å². The molecule has 0 bridgehead atoms. The Labute approximate surface area is 255 Å². The molecule has 0 spiro atoms. The van der Waals surface area contributed by atoms with E-state index in [-0.39, 0.29) is 31.4 Å². The van der Waals surface area contributed by atoms with E-state index in [1.807, 2.05) is 47.4 Å². The number of benzene rings is 2. The summed E-state index contributed by atoms with van der Waals surface area (Å²) in [7, 11) is 0. The molecule has 0 saturated heterocycles. The van der Waals surface area contributed by atoms with Crippen LogP contribution in [0.15, 0.2) is 77.6 Å². The van der Waals surface area contributed by atoms with Crippen LogP contribution in [0.1, 0.15) is 80.4 Å². The van der Waals surface area contributed by atoms with Crippen molar-refractivity contribution in [3.63, 3.8) is 0 Å². The fourth-order valence-corrected chi connectivity index (χ4v) is 4.96. The highest BCUT2D eigenvalue weighted by molar-refractivity contribution is 6.07. The third-order valence-corrected chi connectivity index (χ3v) is 7.09. The number of carbonyl (C=O) groups is 3. The van der Waals surface area contributed by atoms with Crippen molar-refractivity contribution in [1.82, 2.24) is 9.88 Å². The first kappa shape index (κ1) is 32.9. The zero-order chi connectivity index (χ0) is 29.9. The van der Waals surface area contributed by atoms with Crippen LogP contribution < -0.4 is 11.1 Å². The normalized spacial score (nSPS) is 12.1. The Bertz CT molecular complexity index is 1470.